The minimum Gasteiger partial charge on any atom is -0.453 e. The lowest BCUT2D eigenvalue weighted by Gasteiger charge is -2.33. The van der Waals surface area contributed by atoms with E-state index in [4.69, 9.17) is 19.5 Å². The number of nitrogens with zero attached hydrogens (tertiary/aromatic N) is 4. The normalized spacial score (nSPS) is 25.5. The minimum atomic E-state index is -0.671. The molecule has 0 radical (unpaired) electrons. The molecule has 4 unspecified atom stereocenters. The standard InChI is InChI=1S/C56H65N7O6/c1-30(2)49(60-54(66)68-5)52(64)62-44-24-36(44)26-46(62)42-23-38(28-57-42)32-9-11-33(12-10-32)39-17-18-40(48-41(39)19-22-56(48)20-7-8-21-56)34-13-15-35(16-14-34)43-29-58-51(59-43)47-27-37-25-45(37)63(47)53(65)50(31(3)4)61-55(67)69-6/h9-18,28-31,36-37,44-47,49-50H,7-8,19-27H2,1-6H3,(H,58,59)(H,60,66)(H,61,67)/t36?,37?,44?,45?,46-,47-,49-,50-/m0/s1. The van der Waals surface area contributed by atoms with Gasteiger partial charge in [-0.2, -0.15) is 0 Å². The van der Waals surface area contributed by atoms with E-state index in [1.165, 1.54) is 79.7 Å². The van der Waals surface area contributed by atoms with Gasteiger partial charge in [0.1, 0.15) is 17.9 Å². The number of carbonyl (C=O) groups is 4. The molecular weight excluding hydrogens is 867 g/mol. The third-order valence-corrected chi connectivity index (χ3v) is 16.9. The molecule has 5 fully saturated rings. The highest BCUT2D eigenvalue weighted by Crippen LogP contribution is 2.56. The van der Waals surface area contributed by atoms with Gasteiger partial charge in [0.05, 0.1) is 38.2 Å². The number of imidazole rings is 1. The first-order valence-corrected chi connectivity index (χ1v) is 25.4. The lowest BCUT2D eigenvalue weighted by atomic mass is 9.76. The molecule has 4 aliphatic carbocycles. The van der Waals surface area contributed by atoms with Crippen LogP contribution in [-0.4, -0.2) is 93.9 Å². The number of benzene rings is 3. The molecule has 360 valence electrons. The van der Waals surface area contributed by atoms with E-state index in [1.807, 2.05) is 49.9 Å². The van der Waals surface area contributed by atoms with Crippen molar-refractivity contribution in [2.45, 2.75) is 140 Å². The third-order valence-electron chi connectivity index (χ3n) is 16.9. The van der Waals surface area contributed by atoms with Gasteiger partial charge in [0, 0.05) is 30.4 Å². The third kappa shape index (κ3) is 8.03. The first-order valence-electron chi connectivity index (χ1n) is 25.4. The van der Waals surface area contributed by atoms with Crippen LogP contribution in [-0.2, 0) is 30.9 Å². The van der Waals surface area contributed by atoms with E-state index in [-0.39, 0.29) is 53.2 Å². The van der Waals surface area contributed by atoms with Crippen LogP contribution in [0.1, 0.15) is 120 Å². The van der Waals surface area contributed by atoms with Gasteiger partial charge in [-0.1, -0.05) is 101 Å². The minimum absolute atomic E-state index is 0.0444. The number of hydrogen-bond acceptors (Lipinski definition) is 8. The zero-order valence-corrected chi connectivity index (χ0v) is 40.7. The van der Waals surface area contributed by atoms with Crippen LogP contribution < -0.4 is 10.6 Å². The van der Waals surface area contributed by atoms with Crippen LogP contribution in [0.5, 0.6) is 0 Å². The van der Waals surface area contributed by atoms with E-state index in [9.17, 15) is 19.2 Å². The molecule has 1 aromatic heterocycles. The van der Waals surface area contributed by atoms with Gasteiger partial charge in [-0.05, 0) is 131 Å². The molecule has 0 bridgehead atoms. The van der Waals surface area contributed by atoms with Gasteiger partial charge in [-0.3, -0.25) is 14.6 Å². The summed E-state index contributed by atoms with van der Waals surface area (Å²) in [6.07, 6.45) is 14.4. The second-order valence-electron chi connectivity index (χ2n) is 21.6. The lowest BCUT2D eigenvalue weighted by molar-refractivity contribution is -0.137. The number of carbonyl (C=O) groups excluding carboxylic acids is 4. The number of aromatic amines is 1. The number of alkyl carbamates (subject to hydrolysis) is 2. The maximum Gasteiger partial charge on any atom is 0.407 e. The van der Waals surface area contributed by atoms with Gasteiger partial charge in [0.25, 0.3) is 0 Å². The van der Waals surface area contributed by atoms with Gasteiger partial charge in [-0.15, -0.1) is 0 Å². The van der Waals surface area contributed by atoms with Crippen molar-refractivity contribution in [1.82, 2.24) is 30.4 Å². The monoisotopic (exact) mass is 931 g/mol. The van der Waals surface area contributed by atoms with Crippen molar-refractivity contribution in [3.63, 3.8) is 0 Å². The summed E-state index contributed by atoms with van der Waals surface area (Å²) in [6.45, 7) is 7.79. The topological polar surface area (TPSA) is 158 Å². The molecule has 69 heavy (non-hydrogen) atoms. The number of allylic oxidation sites excluding steroid dienone is 1. The van der Waals surface area contributed by atoms with Crippen LogP contribution in [0.25, 0.3) is 39.1 Å². The molecule has 3 aromatic carbocycles. The lowest BCUT2D eigenvalue weighted by Crippen LogP contribution is -2.54. The highest BCUT2D eigenvalue weighted by atomic mass is 16.5. The number of aromatic nitrogens is 2. The van der Waals surface area contributed by atoms with Gasteiger partial charge < -0.3 is 34.9 Å². The van der Waals surface area contributed by atoms with E-state index in [0.29, 0.717) is 18.3 Å². The molecule has 3 aliphatic heterocycles. The van der Waals surface area contributed by atoms with Gasteiger partial charge in [0.15, 0.2) is 0 Å². The highest BCUT2D eigenvalue weighted by Gasteiger charge is 2.58. The Balaban J connectivity index is 0.803. The van der Waals surface area contributed by atoms with E-state index in [2.05, 4.69) is 76.3 Å². The van der Waals surface area contributed by atoms with Crippen molar-refractivity contribution in [3.8, 4) is 33.5 Å². The first kappa shape index (κ1) is 45.2. The number of piperidine rings is 2. The van der Waals surface area contributed by atoms with Crippen LogP contribution in [0.3, 0.4) is 0 Å². The number of fused-ring (bicyclic) bond motifs is 4. The van der Waals surface area contributed by atoms with Crippen molar-refractivity contribution in [2.24, 2.45) is 28.7 Å². The van der Waals surface area contributed by atoms with Crippen molar-refractivity contribution in [2.75, 3.05) is 14.2 Å². The fraction of sp³-hybridized carbons (Fsp3) is 0.500. The van der Waals surface area contributed by atoms with Crippen molar-refractivity contribution < 1.29 is 28.7 Å². The number of H-pyrrole nitrogens is 1. The molecule has 13 heteroatoms. The summed E-state index contributed by atoms with van der Waals surface area (Å²) in [5.41, 5.74) is 13.6. The second-order valence-corrected chi connectivity index (χ2v) is 21.6. The maximum absolute atomic E-state index is 14.0. The number of nitrogens with one attached hydrogen (secondary N) is 3. The Hall–Kier alpha value is -6.24. The van der Waals surface area contributed by atoms with Crippen molar-refractivity contribution in [3.05, 3.63) is 95.6 Å². The molecule has 3 saturated carbocycles. The van der Waals surface area contributed by atoms with Crippen LogP contribution in [0.2, 0.25) is 0 Å². The quantitative estimate of drug-likeness (QED) is 0.128. The number of amides is 4. The molecule has 13 nitrogen and oxygen atoms in total. The van der Waals surface area contributed by atoms with Crippen LogP contribution in [0.15, 0.2) is 78.1 Å². The molecule has 7 aliphatic rings. The summed E-state index contributed by atoms with van der Waals surface area (Å²) < 4.78 is 9.71. The molecule has 11 rings (SSSR count). The van der Waals surface area contributed by atoms with E-state index < -0.39 is 24.3 Å². The number of methoxy groups -OCH3 is 2. The molecule has 8 atom stereocenters. The largest absolute Gasteiger partial charge is 0.453 e. The van der Waals surface area contributed by atoms with Crippen LogP contribution in [0.4, 0.5) is 9.59 Å². The Morgan fingerprint density at radius 2 is 1.22 bits per heavy atom. The van der Waals surface area contributed by atoms with Crippen LogP contribution >= 0.6 is 0 Å². The molecule has 4 amide bonds. The summed E-state index contributed by atoms with van der Waals surface area (Å²) in [5, 5.41) is 5.56. The Labute approximate surface area is 404 Å². The zero-order valence-electron chi connectivity index (χ0n) is 40.7. The number of aliphatic imine (C=N–C) groups is 1. The Morgan fingerprint density at radius 1 is 0.681 bits per heavy atom. The number of rotatable bonds is 12. The summed E-state index contributed by atoms with van der Waals surface area (Å²) in [5.74, 6) is 1.44. The molecule has 1 spiro atoms. The van der Waals surface area contributed by atoms with Gasteiger partial charge >= 0.3 is 12.2 Å². The molecule has 4 aromatic rings. The molecule has 4 heterocycles. The first-order chi connectivity index (χ1) is 33.4. The number of ether oxygens (including phenoxy) is 2. The average molecular weight is 932 g/mol. The van der Waals surface area contributed by atoms with Gasteiger partial charge in [-0.25, -0.2) is 14.6 Å². The fourth-order valence-corrected chi connectivity index (χ4v) is 13.0. The molecular formula is C56H65N7O6. The van der Waals surface area contributed by atoms with E-state index >= 15 is 0 Å². The fourth-order valence-electron chi connectivity index (χ4n) is 13.0. The SMILES string of the molecule is COC(=O)N[C@H](C(=O)N1C2CC2C[C@H]1C1=NC=C(c2ccc(-c3ccc(-c4ccc(-c5cnc([C@@H]6CC7CC7N6C(=O)[C@@H](NC(=O)OC)C(C)C)[nH]5)cc4)c4c3CCC43CCCC3)cc2)C1)C(C)C. The Kier molecular flexibility index (Phi) is 11.5. The molecule has 2 saturated heterocycles. The van der Waals surface area contributed by atoms with Gasteiger partial charge in [0.2, 0.25) is 11.8 Å². The van der Waals surface area contributed by atoms with E-state index in [0.717, 1.165) is 66.0 Å². The average Bonchev–Trinajstić information content (AvgIpc) is 3.82. The summed E-state index contributed by atoms with van der Waals surface area (Å²) in [6, 6.07) is 21.4. The zero-order chi connectivity index (χ0) is 47.9. The second kappa shape index (κ2) is 17.6. The summed E-state index contributed by atoms with van der Waals surface area (Å²) in [7, 11) is 2.64. The summed E-state index contributed by atoms with van der Waals surface area (Å²) in [4.78, 5) is 69.6. The number of likely N-dealkylation sites (tertiary alicyclic amines) is 2. The Morgan fingerprint density at radius 3 is 1.81 bits per heavy atom. The predicted octanol–water partition coefficient (Wildman–Crippen LogP) is 9.77. The Bertz CT molecular complexity index is 2750. The van der Waals surface area contributed by atoms with Crippen LogP contribution in [0, 0.1) is 23.7 Å². The summed E-state index contributed by atoms with van der Waals surface area (Å²) >= 11 is 0. The maximum atomic E-state index is 14.0. The van der Waals surface area contributed by atoms with Crippen molar-refractivity contribution in [1.29, 1.82) is 0 Å². The smallest absolute Gasteiger partial charge is 0.407 e. The highest BCUT2D eigenvalue weighted by molar-refractivity contribution is 6.04. The number of hydrogen-bond donors (Lipinski definition) is 3. The molecule has 3 N–H and O–H groups in total. The van der Waals surface area contributed by atoms with Crippen molar-refractivity contribution >= 4 is 35.3 Å². The van der Waals surface area contributed by atoms with E-state index in [1.54, 1.807) is 0 Å². The predicted molar refractivity (Wildman–Crippen MR) is 265 cm³/mol.